The van der Waals surface area contributed by atoms with Crippen molar-refractivity contribution in [2.24, 2.45) is 4.99 Å². The molecule has 0 saturated heterocycles. The van der Waals surface area contributed by atoms with Crippen LogP contribution in [0.1, 0.15) is 39.2 Å². The fourth-order valence-corrected chi connectivity index (χ4v) is 3.62. The number of carbonyl (C=O) groups excluding carboxylic acids is 2. The number of aryl methyl sites for hydroxylation is 2. The molecule has 0 atom stereocenters. The van der Waals surface area contributed by atoms with Crippen LogP contribution in [0.15, 0.2) is 66.2 Å². The van der Waals surface area contributed by atoms with Gasteiger partial charge in [0.1, 0.15) is 0 Å². The van der Waals surface area contributed by atoms with Crippen LogP contribution in [0.3, 0.4) is 0 Å². The Kier molecular flexibility index (Phi) is 6.19. The average Bonchev–Trinajstić information content (AvgIpc) is 3.21. The summed E-state index contributed by atoms with van der Waals surface area (Å²) >= 11 is 0. The predicted octanol–water partition coefficient (Wildman–Crippen LogP) is 5.23. The number of rotatable bonds is 5. The summed E-state index contributed by atoms with van der Waals surface area (Å²) in [5, 5.41) is 2.58. The minimum absolute atomic E-state index is 0.00990. The van der Waals surface area contributed by atoms with E-state index < -0.39 is 17.6 Å². The summed E-state index contributed by atoms with van der Waals surface area (Å²) in [4.78, 5) is 32.9. The number of allylic oxidation sites excluding steroid dienone is 1. The van der Waals surface area contributed by atoms with Crippen LogP contribution < -0.4 is 5.32 Å². The summed E-state index contributed by atoms with van der Waals surface area (Å²) in [5.41, 5.74) is 2.70. The summed E-state index contributed by atoms with van der Waals surface area (Å²) < 4.78 is 42.0. The van der Waals surface area contributed by atoms with E-state index in [9.17, 15) is 22.8 Å². The van der Waals surface area contributed by atoms with Gasteiger partial charge >= 0.3 is 6.18 Å². The summed E-state index contributed by atoms with van der Waals surface area (Å²) in [7, 11) is 0. The number of alkyl halides is 3. The Labute approximate surface area is 193 Å². The molecule has 0 fully saturated rings. The van der Waals surface area contributed by atoms with Gasteiger partial charge in [0.05, 0.1) is 17.6 Å². The van der Waals surface area contributed by atoms with Gasteiger partial charge in [0.2, 0.25) is 0 Å². The van der Waals surface area contributed by atoms with Gasteiger partial charge in [-0.15, -0.1) is 0 Å². The molecule has 4 rings (SSSR count). The molecule has 0 spiro atoms. The van der Waals surface area contributed by atoms with Crippen molar-refractivity contribution in [2.75, 3.05) is 5.32 Å². The van der Waals surface area contributed by atoms with E-state index in [0.717, 1.165) is 23.3 Å². The SMILES string of the molecule is Cc1cn(-c2cc(NC(=O)c3ccc(C)c(CC4=NC=CC(=O)C4)c3)cc(C(F)(F)F)c2)cn1. The third-order valence-electron chi connectivity index (χ3n) is 5.41. The van der Waals surface area contributed by atoms with E-state index in [0.29, 0.717) is 17.8 Å². The fourth-order valence-electron chi connectivity index (χ4n) is 3.62. The smallest absolute Gasteiger partial charge is 0.322 e. The number of aliphatic imine (C=N–C) groups is 1. The summed E-state index contributed by atoms with van der Waals surface area (Å²) in [6, 6.07) is 8.39. The Bertz CT molecular complexity index is 1340. The maximum atomic E-state index is 13.5. The Balaban J connectivity index is 1.61. The first-order valence-corrected chi connectivity index (χ1v) is 10.5. The zero-order valence-electron chi connectivity index (χ0n) is 18.5. The summed E-state index contributed by atoms with van der Waals surface area (Å²) in [6.07, 6.45) is 1.91. The van der Waals surface area contributed by atoms with Gasteiger partial charge < -0.3 is 9.88 Å². The maximum Gasteiger partial charge on any atom is 0.416 e. The molecule has 34 heavy (non-hydrogen) atoms. The molecule has 0 aliphatic carbocycles. The highest BCUT2D eigenvalue weighted by molar-refractivity contribution is 6.09. The normalized spacial score (nSPS) is 13.7. The van der Waals surface area contributed by atoms with E-state index in [1.807, 2.05) is 6.92 Å². The fraction of sp³-hybridized carbons (Fsp3) is 0.200. The van der Waals surface area contributed by atoms with Crippen LogP contribution in [0.4, 0.5) is 18.9 Å². The molecule has 0 unspecified atom stereocenters. The highest BCUT2D eigenvalue weighted by Crippen LogP contribution is 2.33. The summed E-state index contributed by atoms with van der Waals surface area (Å²) in [5.74, 6) is -0.583. The van der Waals surface area contributed by atoms with Crippen LogP contribution in [-0.2, 0) is 17.4 Å². The van der Waals surface area contributed by atoms with E-state index in [2.05, 4.69) is 15.3 Å². The van der Waals surface area contributed by atoms with Crippen LogP contribution in [0.25, 0.3) is 5.69 Å². The van der Waals surface area contributed by atoms with E-state index >= 15 is 0 Å². The number of amides is 1. The number of aromatic nitrogens is 2. The Morgan fingerprint density at radius 1 is 1.15 bits per heavy atom. The van der Waals surface area contributed by atoms with Crippen LogP contribution in [0, 0.1) is 13.8 Å². The molecule has 1 aliphatic heterocycles. The molecule has 0 radical (unpaired) electrons. The van der Waals surface area contributed by atoms with Gasteiger partial charge in [-0.3, -0.25) is 14.6 Å². The van der Waals surface area contributed by atoms with Gasteiger partial charge in [0, 0.05) is 47.9 Å². The largest absolute Gasteiger partial charge is 0.416 e. The second kappa shape index (κ2) is 9.09. The number of ketones is 1. The second-order valence-electron chi connectivity index (χ2n) is 8.11. The topological polar surface area (TPSA) is 76.3 Å². The molecule has 1 aliphatic rings. The van der Waals surface area contributed by atoms with E-state index in [-0.39, 0.29) is 29.1 Å². The molecular weight excluding hydrogens is 445 g/mol. The van der Waals surface area contributed by atoms with Gasteiger partial charge in [0.15, 0.2) is 5.78 Å². The minimum Gasteiger partial charge on any atom is -0.322 e. The monoisotopic (exact) mass is 466 g/mol. The third-order valence-corrected chi connectivity index (χ3v) is 5.41. The molecule has 1 aromatic heterocycles. The Morgan fingerprint density at radius 3 is 2.62 bits per heavy atom. The lowest BCUT2D eigenvalue weighted by Crippen LogP contribution is -2.16. The molecule has 1 amide bonds. The highest BCUT2D eigenvalue weighted by Gasteiger charge is 2.31. The number of nitrogens with zero attached hydrogens (tertiary/aromatic N) is 3. The first-order chi connectivity index (χ1) is 16.1. The molecule has 6 nitrogen and oxygen atoms in total. The average molecular weight is 466 g/mol. The second-order valence-corrected chi connectivity index (χ2v) is 8.11. The first kappa shape index (κ1) is 23.2. The van der Waals surface area contributed by atoms with Gasteiger partial charge in [-0.05, 0) is 61.4 Å². The number of anilines is 1. The number of halogens is 3. The van der Waals surface area contributed by atoms with Crippen molar-refractivity contribution < 1.29 is 22.8 Å². The lowest BCUT2D eigenvalue weighted by molar-refractivity contribution is -0.137. The lowest BCUT2D eigenvalue weighted by atomic mass is 9.97. The van der Waals surface area contributed by atoms with E-state index in [4.69, 9.17) is 0 Å². The number of hydrogen-bond donors (Lipinski definition) is 1. The third kappa shape index (κ3) is 5.31. The molecule has 2 aromatic carbocycles. The number of nitrogens with one attached hydrogen (secondary N) is 1. The number of carbonyl (C=O) groups is 2. The quantitative estimate of drug-likeness (QED) is 0.560. The van der Waals surface area contributed by atoms with Gasteiger partial charge in [0.25, 0.3) is 5.91 Å². The zero-order chi connectivity index (χ0) is 24.5. The molecule has 3 aromatic rings. The Morgan fingerprint density at radius 2 is 1.94 bits per heavy atom. The van der Waals surface area contributed by atoms with Crippen molar-refractivity contribution in [3.8, 4) is 5.69 Å². The molecule has 1 N–H and O–H groups in total. The molecular formula is C25H21F3N4O2. The van der Waals surface area contributed by atoms with E-state index in [1.54, 1.807) is 31.3 Å². The van der Waals surface area contributed by atoms with E-state index in [1.165, 1.54) is 29.2 Å². The number of benzene rings is 2. The van der Waals surface area contributed by atoms with Gasteiger partial charge in [-0.25, -0.2) is 4.98 Å². The van der Waals surface area contributed by atoms with Crippen LogP contribution in [0.5, 0.6) is 0 Å². The summed E-state index contributed by atoms with van der Waals surface area (Å²) in [6.45, 7) is 3.61. The minimum atomic E-state index is -4.59. The predicted molar refractivity (Wildman–Crippen MR) is 122 cm³/mol. The standard InChI is InChI=1S/C25H21F3N4O2/c1-15-3-4-17(7-18(15)8-20-12-23(33)5-6-29-20)24(34)31-21-9-19(25(26,27)28)10-22(11-21)32-13-16(2)30-14-32/h3-7,9-11,13-14H,8,12H2,1-2H3,(H,31,34). The van der Waals surface area contributed by atoms with Crippen LogP contribution >= 0.6 is 0 Å². The molecule has 0 saturated carbocycles. The van der Waals surface area contributed by atoms with Crippen LogP contribution in [-0.4, -0.2) is 27.0 Å². The lowest BCUT2D eigenvalue weighted by Gasteiger charge is -2.14. The molecule has 0 bridgehead atoms. The highest BCUT2D eigenvalue weighted by atomic mass is 19.4. The van der Waals surface area contributed by atoms with Crippen molar-refractivity contribution in [1.29, 1.82) is 0 Å². The van der Waals surface area contributed by atoms with Crippen molar-refractivity contribution in [2.45, 2.75) is 32.9 Å². The number of imidazole rings is 1. The van der Waals surface area contributed by atoms with Crippen molar-refractivity contribution in [3.63, 3.8) is 0 Å². The first-order valence-electron chi connectivity index (χ1n) is 10.5. The zero-order valence-corrected chi connectivity index (χ0v) is 18.5. The van der Waals surface area contributed by atoms with Crippen LogP contribution in [0.2, 0.25) is 0 Å². The van der Waals surface area contributed by atoms with Crippen molar-refractivity contribution in [3.05, 3.63) is 89.1 Å². The maximum absolute atomic E-state index is 13.5. The van der Waals surface area contributed by atoms with Gasteiger partial charge in [-0.2, -0.15) is 13.2 Å². The molecule has 2 heterocycles. The van der Waals surface area contributed by atoms with Gasteiger partial charge in [-0.1, -0.05) is 6.07 Å². The van der Waals surface area contributed by atoms with Crippen molar-refractivity contribution >= 4 is 23.1 Å². The number of hydrogen-bond acceptors (Lipinski definition) is 4. The Hall–Kier alpha value is -4.01. The molecule has 9 heteroatoms. The molecule has 174 valence electrons. The van der Waals surface area contributed by atoms with Crippen molar-refractivity contribution in [1.82, 2.24) is 9.55 Å².